The second-order valence-electron chi connectivity index (χ2n) is 3.53. The summed E-state index contributed by atoms with van der Waals surface area (Å²) >= 11 is 0. The summed E-state index contributed by atoms with van der Waals surface area (Å²) in [4.78, 5) is 0. The average Bonchev–Trinajstić information content (AvgIpc) is 2.15. The number of rotatable bonds is 2. The van der Waals surface area contributed by atoms with Crippen molar-refractivity contribution in [3.63, 3.8) is 0 Å². The summed E-state index contributed by atoms with van der Waals surface area (Å²) in [5.41, 5.74) is 0.599. The highest BCUT2D eigenvalue weighted by Crippen LogP contribution is 2.32. The lowest BCUT2D eigenvalue weighted by Gasteiger charge is -2.25. The first-order valence-corrected chi connectivity index (χ1v) is 6.22. The predicted octanol–water partition coefficient (Wildman–Crippen LogP) is 0.442. The van der Waals surface area contributed by atoms with Gasteiger partial charge in [0.25, 0.3) is 10.2 Å². The number of hydrogen-bond donors (Lipinski definition) is 2. The molecule has 0 spiro atoms. The van der Waals surface area contributed by atoms with Crippen LogP contribution in [0.15, 0.2) is 18.2 Å². The molecule has 1 heterocycles. The molecule has 16 heavy (non-hydrogen) atoms. The van der Waals surface area contributed by atoms with E-state index in [9.17, 15) is 12.8 Å². The molecule has 1 atom stereocenters. The molecule has 0 aromatic heterocycles. The van der Waals surface area contributed by atoms with Gasteiger partial charge in [-0.2, -0.15) is 13.1 Å². The van der Waals surface area contributed by atoms with E-state index in [0.29, 0.717) is 24.3 Å². The van der Waals surface area contributed by atoms with Crippen LogP contribution in [-0.4, -0.2) is 15.0 Å². The van der Waals surface area contributed by atoms with Gasteiger partial charge in [0.15, 0.2) is 0 Å². The molecule has 0 fully saturated rings. The Bertz CT molecular complexity index is 503. The summed E-state index contributed by atoms with van der Waals surface area (Å²) in [5.74, 6) is -0.0672. The number of hydrogen-bond acceptors (Lipinski definition) is 3. The zero-order valence-electron chi connectivity index (χ0n) is 8.31. The third kappa shape index (κ3) is 2.49. The van der Waals surface area contributed by atoms with Crippen LogP contribution < -0.4 is 14.6 Å². The molecule has 0 unspecified atom stereocenters. The Kier molecular flexibility index (Phi) is 2.83. The Morgan fingerprint density at radius 1 is 1.50 bits per heavy atom. The van der Waals surface area contributed by atoms with Crippen molar-refractivity contribution in [2.75, 3.05) is 6.61 Å². The number of nitrogens with one attached hydrogen (secondary N) is 1. The molecule has 2 rings (SSSR count). The smallest absolute Gasteiger partial charge is 0.274 e. The quantitative estimate of drug-likeness (QED) is 0.794. The van der Waals surface area contributed by atoms with E-state index in [-0.39, 0.29) is 0 Å². The summed E-state index contributed by atoms with van der Waals surface area (Å²) in [6, 6.07) is 3.52. The second-order valence-corrected chi connectivity index (χ2v) is 4.86. The van der Waals surface area contributed by atoms with Crippen molar-refractivity contribution >= 4 is 10.2 Å². The maximum Gasteiger partial charge on any atom is 0.274 e. The van der Waals surface area contributed by atoms with E-state index in [4.69, 9.17) is 9.88 Å². The van der Waals surface area contributed by atoms with Gasteiger partial charge in [-0.3, -0.25) is 0 Å². The minimum Gasteiger partial charge on any atom is -0.493 e. The topological polar surface area (TPSA) is 81.4 Å². The minimum atomic E-state index is -3.78. The first-order chi connectivity index (χ1) is 7.46. The van der Waals surface area contributed by atoms with Gasteiger partial charge in [-0.15, -0.1) is 0 Å². The van der Waals surface area contributed by atoms with E-state index in [2.05, 4.69) is 4.72 Å². The van der Waals surface area contributed by atoms with Crippen LogP contribution in [0.2, 0.25) is 0 Å². The summed E-state index contributed by atoms with van der Waals surface area (Å²) in [6.45, 7) is 0.323. The van der Waals surface area contributed by atoms with E-state index in [1.54, 1.807) is 0 Å². The molecule has 1 aromatic rings. The van der Waals surface area contributed by atoms with Crippen molar-refractivity contribution in [3.8, 4) is 5.75 Å². The predicted molar refractivity (Wildman–Crippen MR) is 55.5 cm³/mol. The molecule has 0 amide bonds. The molecule has 5 nitrogen and oxygen atoms in total. The summed E-state index contributed by atoms with van der Waals surface area (Å²) in [7, 11) is -3.78. The highest BCUT2D eigenvalue weighted by molar-refractivity contribution is 7.87. The first-order valence-electron chi connectivity index (χ1n) is 4.68. The lowest BCUT2D eigenvalue weighted by Crippen LogP contribution is -2.36. The standard InChI is InChI=1S/C9H11FN2O3S/c10-6-1-2-7-8(12-16(11,13)14)3-4-15-9(7)5-6/h1-2,5,8,12H,3-4H2,(H2,11,13,14)/t8-/m1/s1. The monoisotopic (exact) mass is 246 g/mol. The number of benzene rings is 1. The SMILES string of the molecule is NS(=O)(=O)N[C@@H]1CCOc2cc(F)ccc21. The van der Waals surface area contributed by atoms with E-state index >= 15 is 0 Å². The van der Waals surface area contributed by atoms with Crippen molar-refractivity contribution in [1.29, 1.82) is 0 Å². The Morgan fingerprint density at radius 3 is 2.94 bits per heavy atom. The Labute approximate surface area is 92.6 Å². The maximum atomic E-state index is 12.9. The molecule has 1 aromatic carbocycles. The third-order valence-corrected chi connectivity index (χ3v) is 2.93. The minimum absolute atomic E-state index is 0.323. The van der Waals surface area contributed by atoms with Gasteiger partial charge in [0, 0.05) is 18.1 Å². The van der Waals surface area contributed by atoms with Gasteiger partial charge in [-0.05, 0) is 6.07 Å². The molecule has 1 aliphatic heterocycles. The number of ether oxygens (including phenoxy) is 1. The van der Waals surface area contributed by atoms with Crippen LogP contribution >= 0.6 is 0 Å². The molecule has 0 saturated heterocycles. The fourth-order valence-corrected chi connectivity index (χ4v) is 2.33. The van der Waals surface area contributed by atoms with Crippen LogP contribution in [0, 0.1) is 5.82 Å². The average molecular weight is 246 g/mol. The molecule has 7 heteroatoms. The van der Waals surface area contributed by atoms with Crippen LogP contribution in [0.3, 0.4) is 0 Å². The van der Waals surface area contributed by atoms with Crippen molar-refractivity contribution < 1.29 is 17.5 Å². The fourth-order valence-electron chi connectivity index (χ4n) is 1.68. The van der Waals surface area contributed by atoms with Crippen LogP contribution in [0.4, 0.5) is 4.39 Å². The molecular formula is C9H11FN2O3S. The largest absolute Gasteiger partial charge is 0.493 e. The van der Waals surface area contributed by atoms with Crippen molar-refractivity contribution in [2.24, 2.45) is 5.14 Å². The van der Waals surface area contributed by atoms with Crippen molar-refractivity contribution in [1.82, 2.24) is 4.72 Å². The lowest BCUT2D eigenvalue weighted by atomic mass is 10.0. The van der Waals surface area contributed by atoms with Gasteiger partial charge in [0.05, 0.1) is 12.6 Å². The molecule has 0 bridgehead atoms. The molecule has 88 valence electrons. The third-order valence-electron chi connectivity index (χ3n) is 2.32. The molecule has 1 aliphatic rings. The number of nitrogens with two attached hydrogens (primary N) is 1. The zero-order chi connectivity index (χ0) is 11.8. The van der Waals surface area contributed by atoms with Gasteiger partial charge in [-0.25, -0.2) is 9.53 Å². The Hall–Kier alpha value is -1.18. The molecule has 0 saturated carbocycles. The first kappa shape index (κ1) is 11.3. The Morgan fingerprint density at radius 2 is 2.25 bits per heavy atom. The van der Waals surface area contributed by atoms with Crippen LogP contribution in [0.5, 0.6) is 5.75 Å². The van der Waals surface area contributed by atoms with Crippen molar-refractivity contribution in [3.05, 3.63) is 29.6 Å². The summed E-state index contributed by atoms with van der Waals surface area (Å²) in [6.07, 6.45) is 0.467. The van der Waals surface area contributed by atoms with Gasteiger partial charge in [-0.1, -0.05) is 6.07 Å². The highest BCUT2D eigenvalue weighted by atomic mass is 32.2. The molecule has 0 radical (unpaired) electrons. The highest BCUT2D eigenvalue weighted by Gasteiger charge is 2.24. The molecule has 0 aliphatic carbocycles. The lowest BCUT2D eigenvalue weighted by molar-refractivity contribution is 0.261. The summed E-state index contributed by atoms with van der Waals surface area (Å²) < 4.78 is 42.3. The zero-order valence-corrected chi connectivity index (χ0v) is 9.13. The van der Waals surface area contributed by atoms with Gasteiger partial charge >= 0.3 is 0 Å². The summed E-state index contributed by atoms with van der Waals surface area (Å²) in [5, 5.41) is 4.90. The van der Waals surface area contributed by atoms with Crippen LogP contribution in [0.25, 0.3) is 0 Å². The van der Waals surface area contributed by atoms with E-state index in [1.165, 1.54) is 18.2 Å². The fraction of sp³-hybridized carbons (Fsp3) is 0.333. The number of halogens is 1. The van der Waals surface area contributed by atoms with E-state index in [0.717, 1.165) is 0 Å². The van der Waals surface area contributed by atoms with Gasteiger partial charge in [0.2, 0.25) is 0 Å². The number of fused-ring (bicyclic) bond motifs is 1. The van der Waals surface area contributed by atoms with E-state index < -0.39 is 22.1 Å². The van der Waals surface area contributed by atoms with E-state index in [1.807, 2.05) is 0 Å². The maximum absolute atomic E-state index is 12.9. The van der Waals surface area contributed by atoms with Crippen LogP contribution in [0.1, 0.15) is 18.0 Å². The van der Waals surface area contributed by atoms with Crippen LogP contribution in [-0.2, 0) is 10.2 Å². The Balaban J connectivity index is 2.33. The second kappa shape index (κ2) is 4.00. The molecule has 3 N–H and O–H groups in total. The molecular weight excluding hydrogens is 235 g/mol. The normalized spacial score (nSPS) is 20.0. The van der Waals surface area contributed by atoms with Gasteiger partial charge < -0.3 is 4.74 Å². The van der Waals surface area contributed by atoms with Gasteiger partial charge in [0.1, 0.15) is 11.6 Å². The van der Waals surface area contributed by atoms with Crippen molar-refractivity contribution in [2.45, 2.75) is 12.5 Å².